The molecule has 11 heavy (non-hydrogen) atoms. The third-order valence-electron chi connectivity index (χ3n) is 1.23. The second-order valence-corrected chi connectivity index (χ2v) is 2.52. The van der Waals surface area contributed by atoms with E-state index in [1.165, 1.54) is 0 Å². The molecule has 5 nitrogen and oxygen atoms in total. The van der Waals surface area contributed by atoms with E-state index in [0.29, 0.717) is 6.54 Å². The van der Waals surface area contributed by atoms with Gasteiger partial charge in [0.1, 0.15) is 6.33 Å². The molecule has 0 atom stereocenters. The standard InChI is InChI=1S/C5H9N5S/c1-10-3-8-9-4(10)2-7-5(6)11/h3H,2H2,1H3,(H3,6,7,11). The Hall–Kier alpha value is -1.17. The van der Waals surface area contributed by atoms with Crippen LogP contribution in [-0.4, -0.2) is 19.9 Å². The maximum Gasteiger partial charge on any atom is 0.164 e. The highest BCUT2D eigenvalue weighted by atomic mass is 32.1. The molecule has 1 aromatic rings. The van der Waals surface area contributed by atoms with E-state index in [9.17, 15) is 0 Å². The Balaban J connectivity index is 2.51. The number of thiocarbonyl (C=S) groups is 1. The van der Waals surface area contributed by atoms with Crippen LogP contribution < -0.4 is 11.1 Å². The number of aryl methyl sites for hydroxylation is 1. The first-order valence-electron chi connectivity index (χ1n) is 3.06. The molecule has 1 aromatic heterocycles. The SMILES string of the molecule is Cn1cnnc1CNC(N)=S. The summed E-state index contributed by atoms with van der Waals surface area (Å²) in [6.07, 6.45) is 1.62. The highest BCUT2D eigenvalue weighted by Gasteiger charge is 1.98. The Morgan fingerprint density at radius 1 is 1.91 bits per heavy atom. The van der Waals surface area contributed by atoms with E-state index in [-0.39, 0.29) is 5.11 Å². The number of hydrogen-bond donors (Lipinski definition) is 2. The molecule has 0 radical (unpaired) electrons. The monoisotopic (exact) mass is 171 g/mol. The minimum atomic E-state index is 0.271. The molecule has 0 fully saturated rings. The summed E-state index contributed by atoms with van der Waals surface area (Å²) in [7, 11) is 1.86. The maximum atomic E-state index is 5.22. The first-order chi connectivity index (χ1) is 5.20. The van der Waals surface area contributed by atoms with Gasteiger partial charge in [-0.2, -0.15) is 0 Å². The van der Waals surface area contributed by atoms with Gasteiger partial charge in [0.15, 0.2) is 10.9 Å². The van der Waals surface area contributed by atoms with E-state index in [1.54, 1.807) is 10.9 Å². The molecule has 0 unspecified atom stereocenters. The summed E-state index contributed by atoms with van der Waals surface area (Å²) in [6, 6.07) is 0. The summed E-state index contributed by atoms with van der Waals surface area (Å²) in [4.78, 5) is 0. The Morgan fingerprint density at radius 3 is 3.09 bits per heavy atom. The third-order valence-corrected chi connectivity index (χ3v) is 1.37. The number of aromatic nitrogens is 3. The molecule has 0 spiro atoms. The van der Waals surface area contributed by atoms with Crippen molar-refractivity contribution in [3.05, 3.63) is 12.2 Å². The van der Waals surface area contributed by atoms with Crippen molar-refractivity contribution in [1.82, 2.24) is 20.1 Å². The van der Waals surface area contributed by atoms with Crippen molar-refractivity contribution in [2.24, 2.45) is 12.8 Å². The highest BCUT2D eigenvalue weighted by molar-refractivity contribution is 7.80. The lowest BCUT2D eigenvalue weighted by atomic mass is 10.6. The molecule has 60 valence electrons. The van der Waals surface area contributed by atoms with E-state index in [4.69, 9.17) is 5.73 Å². The van der Waals surface area contributed by atoms with Crippen molar-refractivity contribution >= 4 is 17.3 Å². The molecule has 0 aromatic carbocycles. The Morgan fingerprint density at radius 2 is 2.64 bits per heavy atom. The van der Waals surface area contributed by atoms with Crippen LogP contribution in [0.15, 0.2) is 6.33 Å². The van der Waals surface area contributed by atoms with Crippen molar-refractivity contribution in [2.45, 2.75) is 6.54 Å². The van der Waals surface area contributed by atoms with Crippen molar-refractivity contribution < 1.29 is 0 Å². The van der Waals surface area contributed by atoms with Crippen LogP contribution in [-0.2, 0) is 13.6 Å². The molecule has 6 heteroatoms. The average molecular weight is 171 g/mol. The second kappa shape index (κ2) is 3.29. The molecule has 0 saturated carbocycles. The van der Waals surface area contributed by atoms with Crippen LogP contribution in [0.5, 0.6) is 0 Å². The van der Waals surface area contributed by atoms with Gasteiger partial charge in [-0.15, -0.1) is 10.2 Å². The van der Waals surface area contributed by atoms with Crippen molar-refractivity contribution in [3.63, 3.8) is 0 Å². The molecule has 1 heterocycles. The summed E-state index contributed by atoms with van der Waals surface area (Å²) in [5.41, 5.74) is 5.22. The minimum Gasteiger partial charge on any atom is -0.376 e. The molecule has 0 aliphatic heterocycles. The van der Waals surface area contributed by atoms with Crippen molar-refractivity contribution in [3.8, 4) is 0 Å². The van der Waals surface area contributed by atoms with E-state index in [2.05, 4.69) is 27.7 Å². The molecule has 1 rings (SSSR count). The lowest BCUT2D eigenvalue weighted by Crippen LogP contribution is -2.29. The molecular weight excluding hydrogens is 162 g/mol. The first-order valence-corrected chi connectivity index (χ1v) is 3.47. The van der Waals surface area contributed by atoms with Crippen LogP contribution >= 0.6 is 12.2 Å². The minimum absolute atomic E-state index is 0.271. The molecule has 0 aliphatic rings. The summed E-state index contributed by atoms with van der Waals surface area (Å²) >= 11 is 4.62. The second-order valence-electron chi connectivity index (χ2n) is 2.08. The van der Waals surface area contributed by atoms with Crippen molar-refractivity contribution in [2.75, 3.05) is 0 Å². The predicted octanol–water partition coefficient (Wildman–Crippen LogP) is -0.852. The molecule has 3 N–H and O–H groups in total. The quantitative estimate of drug-likeness (QED) is 0.567. The number of nitrogens with one attached hydrogen (secondary N) is 1. The van der Waals surface area contributed by atoms with Gasteiger partial charge in [0.05, 0.1) is 6.54 Å². The third kappa shape index (κ3) is 2.15. The van der Waals surface area contributed by atoms with Crippen LogP contribution in [0.1, 0.15) is 5.82 Å². The van der Waals surface area contributed by atoms with Gasteiger partial charge in [0.25, 0.3) is 0 Å². The van der Waals surface area contributed by atoms with Crippen LogP contribution in [0.25, 0.3) is 0 Å². The maximum absolute atomic E-state index is 5.22. The average Bonchev–Trinajstić information content (AvgIpc) is 2.31. The molecular formula is C5H9N5S. The lowest BCUT2D eigenvalue weighted by Gasteiger charge is -2.01. The van der Waals surface area contributed by atoms with E-state index in [1.807, 2.05) is 7.05 Å². The largest absolute Gasteiger partial charge is 0.376 e. The van der Waals surface area contributed by atoms with Gasteiger partial charge in [-0.3, -0.25) is 0 Å². The molecule has 0 amide bonds. The summed E-state index contributed by atoms with van der Waals surface area (Å²) in [6.45, 7) is 0.520. The van der Waals surface area contributed by atoms with Gasteiger partial charge in [0, 0.05) is 7.05 Å². The number of rotatable bonds is 2. The van der Waals surface area contributed by atoms with Gasteiger partial charge in [-0.05, 0) is 12.2 Å². The van der Waals surface area contributed by atoms with Gasteiger partial charge in [-0.1, -0.05) is 0 Å². The van der Waals surface area contributed by atoms with E-state index in [0.717, 1.165) is 5.82 Å². The lowest BCUT2D eigenvalue weighted by molar-refractivity contribution is 0.750. The van der Waals surface area contributed by atoms with Crippen LogP contribution in [0.3, 0.4) is 0 Å². The van der Waals surface area contributed by atoms with Gasteiger partial charge in [0.2, 0.25) is 0 Å². The highest BCUT2D eigenvalue weighted by Crippen LogP contribution is 1.88. The fraction of sp³-hybridized carbons (Fsp3) is 0.400. The Labute approximate surface area is 69.6 Å². The normalized spacial score (nSPS) is 9.55. The zero-order valence-electron chi connectivity index (χ0n) is 6.11. The van der Waals surface area contributed by atoms with Crippen molar-refractivity contribution in [1.29, 1.82) is 0 Å². The Bertz CT molecular complexity index is 255. The van der Waals surface area contributed by atoms with Gasteiger partial charge < -0.3 is 15.6 Å². The summed E-state index contributed by atoms with van der Waals surface area (Å²) in [5.74, 6) is 0.804. The summed E-state index contributed by atoms with van der Waals surface area (Å²) < 4.78 is 1.80. The predicted molar refractivity (Wildman–Crippen MR) is 44.6 cm³/mol. The number of hydrogen-bond acceptors (Lipinski definition) is 3. The van der Waals surface area contributed by atoms with Crippen LogP contribution in [0, 0.1) is 0 Å². The fourth-order valence-electron chi connectivity index (χ4n) is 0.633. The fourth-order valence-corrected chi connectivity index (χ4v) is 0.706. The number of nitrogens with two attached hydrogens (primary N) is 1. The van der Waals surface area contributed by atoms with Crippen LogP contribution in [0.4, 0.5) is 0 Å². The zero-order chi connectivity index (χ0) is 8.27. The first kappa shape index (κ1) is 7.93. The number of nitrogens with zero attached hydrogens (tertiary/aromatic N) is 3. The molecule has 0 bridgehead atoms. The molecule has 0 aliphatic carbocycles. The smallest absolute Gasteiger partial charge is 0.164 e. The topological polar surface area (TPSA) is 68.8 Å². The summed E-state index contributed by atoms with van der Waals surface area (Å²) in [5, 5.41) is 10.6. The van der Waals surface area contributed by atoms with E-state index < -0.39 is 0 Å². The van der Waals surface area contributed by atoms with Gasteiger partial charge in [-0.25, -0.2) is 0 Å². The zero-order valence-corrected chi connectivity index (χ0v) is 6.93. The Kier molecular flexibility index (Phi) is 2.37. The molecule has 0 saturated heterocycles. The van der Waals surface area contributed by atoms with E-state index >= 15 is 0 Å². The van der Waals surface area contributed by atoms with Crippen LogP contribution in [0.2, 0.25) is 0 Å². The van der Waals surface area contributed by atoms with Gasteiger partial charge >= 0.3 is 0 Å².